The van der Waals surface area contributed by atoms with Crippen LogP contribution in [0.3, 0.4) is 0 Å². The highest BCUT2D eigenvalue weighted by Crippen LogP contribution is 2.16. The summed E-state index contributed by atoms with van der Waals surface area (Å²) in [5, 5.41) is 12.1. The minimum atomic E-state index is 0.568. The Labute approximate surface area is 142 Å². The van der Waals surface area contributed by atoms with Crippen LogP contribution in [0.2, 0.25) is 0 Å². The van der Waals surface area contributed by atoms with Crippen LogP contribution in [0.4, 0.5) is 11.6 Å². The predicted molar refractivity (Wildman–Crippen MR) is 94.8 cm³/mol. The van der Waals surface area contributed by atoms with Crippen molar-refractivity contribution in [3.05, 3.63) is 47.8 Å². The quantitative estimate of drug-likeness (QED) is 0.909. The molecular weight excluding hydrogens is 300 g/mol. The molecule has 0 unspecified atom stereocenters. The van der Waals surface area contributed by atoms with Gasteiger partial charge in [0.2, 0.25) is 0 Å². The van der Waals surface area contributed by atoms with E-state index in [4.69, 9.17) is 5.26 Å². The lowest BCUT2D eigenvalue weighted by Gasteiger charge is -2.34. The molecule has 3 heterocycles. The van der Waals surface area contributed by atoms with E-state index in [0.717, 1.165) is 44.4 Å². The second-order valence-corrected chi connectivity index (χ2v) is 5.84. The van der Waals surface area contributed by atoms with Gasteiger partial charge in [-0.25, -0.2) is 9.97 Å². The third-order valence-corrected chi connectivity index (χ3v) is 4.32. The van der Waals surface area contributed by atoms with Crippen molar-refractivity contribution < 1.29 is 0 Å². The maximum atomic E-state index is 8.80. The van der Waals surface area contributed by atoms with Gasteiger partial charge in [-0.05, 0) is 36.4 Å². The topological polar surface area (TPSA) is 68.1 Å². The zero-order chi connectivity index (χ0) is 16.8. The van der Waals surface area contributed by atoms with E-state index in [2.05, 4.69) is 44.1 Å². The average Bonchev–Trinajstić information content (AvgIpc) is 2.67. The molecule has 24 heavy (non-hydrogen) atoms. The molecule has 1 saturated heterocycles. The summed E-state index contributed by atoms with van der Waals surface area (Å²) in [5.74, 6) is 1.81. The molecule has 6 nitrogen and oxygen atoms in total. The Hall–Kier alpha value is -2.65. The van der Waals surface area contributed by atoms with Gasteiger partial charge in [0.1, 0.15) is 17.7 Å². The molecule has 2 aromatic rings. The number of piperazine rings is 1. The highest BCUT2D eigenvalue weighted by Gasteiger charge is 2.16. The van der Waals surface area contributed by atoms with Crippen molar-refractivity contribution in [1.82, 2.24) is 14.9 Å². The highest BCUT2D eigenvalue weighted by molar-refractivity contribution is 5.44. The summed E-state index contributed by atoms with van der Waals surface area (Å²) < 4.78 is 0. The summed E-state index contributed by atoms with van der Waals surface area (Å²) in [6.45, 7) is 8.24. The number of anilines is 2. The Morgan fingerprint density at radius 2 is 2.00 bits per heavy atom. The van der Waals surface area contributed by atoms with E-state index in [1.807, 2.05) is 18.3 Å². The summed E-state index contributed by atoms with van der Waals surface area (Å²) >= 11 is 0. The fraction of sp³-hybridized carbons (Fsp3) is 0.389. The molecule has 0 atom stereocenters. The lowest BCUT2D eigenvalue weighted by atomic mass is 10.2. The van der Waals surface area contributed by atoms with Gasteiger partial charge in [0, 0.05) is 45.1 Å². The zero-order valence-corrected chi connectivity index (χ0v) is 13.9. The molecule has 0 bridgehead atoms. The fourth-order valence-electron chi connectivity index (χ4n) is 2.79. The van der Waals surface area contributed by atoms with Gasteiger partial charge in [-0.2, -0.15) is 5.26 Å². The first kappa shape index (κ1) is 16.2. The van der Waals surface area contributed by atoms with Crippen LogP contribution in [-0.2, 0) is 6.54 Å². The molecule has 1 N–H and O–H groups in total. The molecule has 0 saturated carbocycles. The fourth-order valence-corrected chi connectivity index (χ4v) is 2.79. The third kappa shape index (κ3) is 4.00. The van der Waals surface area contributed by atoms with Gasteiger partial charge in [0.25, 0.3) is 0 Å². The average molecular weight is 322 g/mol. The summed E-state index contributed by atoms with van der Waals surface area (Å²) in [6, 6.07) is 9.81. The van der Waals surface area contributed by atoms with Crippen molar-refractivity contribution in [3.8, 4) is 6.07 Å². The molecule has 3 rings (SSSR count). The molecule has 1 aliphatic heterocycles. The Morgan fingerprint density at radius 3 is 2.67 bits per heavy atom. The number of hydrogen-bond donors (Lipinski definition) is 1. The number of likely N-dealkylation sites (N-methyl/N-ethyl adjacent to an activating group) is 1. The lowest BCUT2D eigenvalue weighted by molar-refractivity contribution is 0.270. The number of nitrogens with zero attached hydrogens (tertiary/aromatic N) is 5. The van der Waals surface area contributed by atoms with Crippen LogP contribution in [0.5, 0.6) is 0 Å². The Kier molecular flexibility index (Phi) is 5.24. The first-order valence-electron chi connectivity index (χ1n) is 8.30. The largest absolute Gasteiger partial charge is 0.366 e. The Bertz CT molecular complexity index is 698. The van der Waals surface area contributed by atoms with Crippen molar-refractivity contribution >= 4 is 11.6 Å². The number of pyridine rings is 2. The van der Waals surface area contributed by atoms with Gasteiger partial charge in [0.05, 0.1) is 5.56 Å². The number of nitriles is 1. The molecular formula is C18H22N6. The van der Waals surface area contributed by atoms with Crippen LogP contribution < -0.4 is 10.2 Å². The van der Waals surface area contributed by atoms with E-state index >= 15 is 0 Å². The minimum absolute atomic E-state index is 0.568. The van der Waals surface area contributed by atoms with E-state index in [1.165, 1.54) is 5.56 Å². The normalized spacial score (nSPS) is 15.1. The van der Waals surface area contributed by atoms with Crippen molar-refractivity contribution in [3.63, 3.8) is 0 Å². The van der Waals surface area contributed by atoms with E-state index in [9.17, 15) is 0 Å². The molecule has 0 spiro atoms. The molecule has 1 aliphatic rings. The van der Waals surface area contributed by atoms with Crippen LogP contribution in [0, 0.1) is 11.3 Å². The Balaban J connectivity index is 1.60. The van der Waals surface area contributed by atoms with Crippen molar-refractivity contribution in [2.45, 2.75) is 13.5 Å². The van der Waals surface area contributed by atoms with Crippen molar-refractivity contribution in [1.29, 1.82) is 5.26 Å². The van der Waals surface area contributed by atoms with E-state index < -0.39 is 0 Å². The molecule has 124 valence electrons. The second kappa shape index (κ2) is 7.75. The minimum Gasteiger partial charge on any atom is -0.366 e. The third-order valence-electron chi connectivity index (χ3n) is 4.32. The summed E-state index contributed by atoms with van der Waals surface area (Å²) in [4.78, 5) is 13.5. The first-order valence-corrected chi connectivity index (χ1v) is 8.30. The highest BCUT2D eigenvalue weighted by atomic mass is 15.3. The van der Waals surface area contributed by atoms with Crippen molar-refractivity contribution in [2.75, 3.05) is 42.9 Å². The molecule has 0 radical (unpaired) electrons. The van der Waals surface area contributed by atoms with E-state index in [0.29, 0.717) is 12.1 Å². The Morgan fingerprint density at radius 1 is 1.17 bits per heavy atom. The smallest absolute Gasteiger partial charge is 0.128 e. The summed E-state index contributed by atoms with van der Waals surface area (Å²) in [7, 11) is 0. The van der Waals surface area contributed by atoms with Gasteiger partial charge in [-0.1, -0.05) is 6.92 Å². The van der Waals surface area contributed by atoms with Crippen molar-refractivity contribution in [2.24, 2.45) is 0 Å². The van der Waals surface area contributed by atoms with Gasteiger partial charge in [0.15, 0.2) is 0 Å². The maximum absolute atomic E-state index is 8.80. The summed E-state index contributed by atoms with van der Waals surface area (Å²) in [6.07, 6.45) is 3.44. The van der Waals surface area contributed by atoms with Gasteiger partial charge in [-0.15, -0.1) is 0 Å². The van der Waals surface area contributed by atoms with Crippen LogP contribution >= 0.6 is 0 Å². The molecule has 1 fully saturated rings. The van der Waals surface area contributed by atoms with Crippen LogP contribution in [0.25, 0.3) is 0 Å². The monoisotopic (exact) mass is 322 g/mol. The number of aromatic nitrogens is 2. The number of hydrogen-bond acceptors (Lipinski definition) is 6. The van der Waals surface area contributed by atoms with Gasteiger partial charge < -0.3 is 15.1 Å². The van der Waals surface area contributed by atoms with E-state index in [-0.39, 0.29) is 0 Å². The van der Waals surface area contributed by atoms with Crippen LogP contribution in [-0.4, -0.2) is 47.6 Å². The predicted octanol–water partition coefficient (Wildman–Crippen LogP) is 2.10. The zero-order valence-electron chi connectivity index (χ0n) is 13.9. The molecule has 6 heteroatoms. The SMILES string of the molecule is CCN1CCN(c2cc(CNc3ccc(C#N)cn3)ccn2)CC1. The number of nitrogens with one attached hydrogen (secondary N) is 1. The number of rotatable bonds is 5. The van der Waals surface area contributed by atoms with Crippen LogP contribution in [0.15, 0.2) is 36.7 Å². The molecule has 0 amide bonds. The van der Waals surface area contributed by atoms with E-state index in [1.54, 1.807) is 12.3 Å². The lowest BCUT2D eigenvalue weighted by Crippen LogP contribution is -2.46. The maximum Gasteiger partial charge on any atom is 0.128 e. The summed E-state index contributed by atoms with van der Waals surface area (Å²) in [5.41, 5.74) is 1.74. The molecule has 2 aromatic heterocycles. The molecule has 0 aliphatic carbocycles. The van der Waals surface area contributed by atoms with Gasteiger partial charge >= 0.3 is 0 Å². The second-order valence-electron chi connectivity index (χ2n) is 5.84. The molecule has 0 aromatic carbocycles. The van der Waals surface area contributed by atoms with Crippen LogP contribution in [0.1, 0.15) is 18.1 Å². The standard InChI is InChI=1S/C18H22N6/c1-2-23-7-9-24(10-8-23)18-11-15(5-6-20-18)13-21-17-4-3-16(12-19)14-22-17/h3-6,11,14H,2,7-10,13H2,1H3,(H,21,22). The van der Waals surface area contributed by atoms with Gasteiger partial charge in [-0.3, -0.25) is 0 Å². The first-order chi connectivity index (χ1) is 11.8.